The summed E-state index contributed by atoms with van der Waals surface area (Å²) in [4.78, 5) is 32.5. The molecular weight excluding hydrogens is 510 g/mol. The summed E-state index contributed by atoms with van der Waals surface area (Å²) in [5.41, 5.74) is 3.18. The second-order valence-corrected chi connectivity index (χ2v) is 10.3. The maximum Gasteiger partial charge on any atom is 0.312 e. The summed E-state index contributed by atoms with van der Waals surface area (Å²) in [5, 5.41) is 3.01. The zero-order chi connectivity index (χ0) is 27.8. The molecule has 0 atom stereocenters. The molecule has 1 aliphatic carbocycles. The Balaban J connectivity index is 1.43. The first-order chi connectivity index (χ1) is 20.1. The highest BCUT2D eigenvalue weighted by Crippen LogP contribution is 2.55. The number of carbonyl (C=O) groups is 2. The lowest BCUT2D eigenvalue weighted by Crippen LogP contribution is -2.34. The van der Waals surface area contributed by atoms with Gasteiger partial charge in [0.1, 0.15) is 11.5 Å². The van der Waals surface area contributed by atoms with Crippen molar-refractivity contribution < 1.29 is 19.1 Å². The van der Waals surface area contributed by atoms with E-state index in [0.29, 0.717) is 11.5 Å². The summed E-state index contributed by atoms with van der Waals surface area (Å²) < 4.78 is 11.6. The Morgan fingerprint density at radius 1 is 0.585 bits per heavy atom. The zero-order valence-electron chi connectivity index (χ0n) is 22.1. The number of rotatable bonds is 6. The van der Waals surface area contributed by atoms with Crippen LogP contribution in [0.5, 0.6) is 11.5 Å². The van der Waals surface area contributed by atoms with Crippen LogP contribution in [0.3, 0.4) is 0 Å². The molecule has 0 aliphatic heterocycles. The fraction of sp³-hybridized carbons (Fsp3) is 0.0833. The van der Waals surface area contributed by atoms with E-state index in [1.54, 1.807) is 24.3 Å². The van der Waals surface area contributed by atoms with Crippen molar-refractivity contribution in [2.75, 3.05) is 0 Å². The molecule has 1 heterocycles. The number of pyridine rings is 1. The molecule has 0 bridgehead atoms. The lowest BCUT2D eigenvalue weighted by atomic mass is 9.72. The number of carbonyl (C=O) groups excluding carboxylic acids is 2. The van der Waals surface area contributed by atoms with Gasteiger partial charge in [0.25, 0.3) is 0 Å². The summed E-state index contributed by atoms with van der Waals surface area (Å²) in [7, 11) is 0. The van der Waals surface area contributed by atoms with E-state index in [-0.39, 0.29) is 12.8 Å². The van der Waals surface area contributed by atoms with E-state index in [9.17, 15) is 9.59 Å². The van der Waals surface area contributed by atoms with Crippen molar-refractivity contribution in [3.63, 3.8) is 0 Å². The van der Waals surface area contributed by atoms with Crippen LogP contribution in [0.4, 0.5) is 0 Å². The topological polar surface area (TPSA) is 65.5 Å². The Hall–Kier alpha value is -5.29. The molecular formula is C36H25NO4. The molecule has 5 heteroatoms. The van der Waals surface area contributed by atoms with Crippen LogP contribution in [-0.4, -0.2) is 16.9 Å². The van der Waals surface area contributed by atoms with Crippen molar-refractivity contribution in [2.24, 2.45) is 0 Å². The van der Waals surface area contributed by atoms with Gasteiger partial charge in [0.2, 0.25) is 0 Å². The van der Waals surface area contributed by atoms with E-state index < -0.39 is 17.4 Å². The fourth-order valence-electron chi connectivity index (χ4n) is 5.99. The van der Waals surface area contributed by atoms with E-state index in [2.05, 4.69) is 18.2 Å². The van der Waals surface area contributed by atoms with Crippen molar-refractivity contribution in [1.82, 2.24) is 4.98 Å². The lowest BCUT2D eigenvalue weighted by molar-refractivity contribution is -0.138. The molecule has 7 rings (SSSR count). The highest BCUT2D eigenvalue weighted by atomic mass is 16.5. The molecule has 0 saturated carbocycles. The molecule has 1 aliphatic rings. The Labute approximate surface area is 237 Å². The SMILES string of the molecule is O=C(CC1(CC(=O)Oc2ccccc2)c2cc3ccccc3nc2-c2c1ccc1ccccc21)Oc1ccccc1. The van der Waals surface area contributed by atoms with Crippen LogP contribution in [0.25, 0.3) is 32.9 Å². The number of hydrogen-bond acceptors (Lipinski definition) is 5. The van der Waals surface area contributed by atoms with Crippen molar-refractivity contribution in [3.05, 3.63) is 139 Å². The average molecular weight is 536 g/mol. The largest absolute Gasteiger partial charge is 0.426 e. The Morgan fingerprint density at radius 2 is 1.15 bits per heavy atom. The van der Waals surface area contributed by atoms with Gasteiger partial charge in [-0.3, -0.25) is 9.59 Å². The van der Waals surface area contributed by atoms with Gasteiger partial charge in [0.15, 0.2) is 0 Å². The normalized spacial score (nSPS) is 13.0. The molecule has 0 saturated heterocycles. The molecule has 6 aromatic rings. The molecule has 198 valence electrons. The smallest absolute Gasteiger partial charge is 0.312 e. The van der Waals surface area contributed by atoms with Gasteiger partial charge in [0.05, 0.1) is 24.1 Å². The Kier molecular flexibility index (Phi) is 6.05. The first kappa shape index (κ1) is 24.7. The van der Waals surface area contributed by atoms with Gasteiger partial charge in [-0.15, -0.1) is 0 Å². The summed E-state index contributed by atoms with van der Waals surface area (Å²) in [6.07, 6.45) is -0.131. The van der Waals surface area contributed by atoms with Gasteiger partial charge in [-0.25, -0.2) is 4.98 Å². The molecule has 0 radical (unpaired) electrons. The minimum atomic E-state index is -1.05. The number of ether oxygens (including phenoxy) is 2. The van der Waals surface area contributed by atoms with Crippen LogP contribution in [0.1, 0.15) is 24.0 Å². The molecule has 0 fully saturated rings. The predicted octanol–water partition coefficient (Wildman–Crippen LogP) is 7.65. The predicted molar refractivity (Wildman–Crippen MR) is 159 cm³/mol. The first-order valence-electron chi connectivity index (χ1n) is 13.6. The van der Waals surface area contributed by atoms with Gasteiger partial charge >= 0.3 is 11.9 Å². The number of hydrogen-bond donors (Lipinski definition) is 0. The van der Waals surface area contributed by atoms with Crippen molar-refractivity contribution in [2.45, 2.75) is 18.3 Å². The highest BCUT2D eigenvalue weighted by Gasteiger charge is 2.48. The Bertz CT molecular complexity index is 1880. The zero-order valence-corrected chi connectivity index (χ0v) is 22.1. The van der Waals surface area contributed by atoms with Crippen molar-refractivity contribution in [3.8, 4) is 22.8 Å². The summed E-state index contributed by atoms with van der Waals surface area (Å²) >= 11 is 0. The van der Waals surface area contributed by atoms with E-state index in [1.807, 2.05) is 84.9 Å². The lowest BCUT2D eigenvalue weighted by Gasteiger charge is -2.30. The third-order valence-electron chi connectivity index (χ3n) is 7.76. The van der Waals surface area contributed by atoms with Gasteiger partial charge < -0.3 is 9.47 Å². The van der Waals surface area contributed by atoms with Crippen molar-refractivity contribution in [1.29, 1.82) is 0 Å². The quantitative estimate of drug-likeness (QED) is 0.162. The molecule has 1 aromatic heterocycles. The fourth-order valence-corrected chi connectivity index (χ4v) is 5.99. The van der Waals surface area contributed by atoms with E-state index in [0.717, 1.165) is 44.1 Å². The van der Waals surface area contributed by atoms with Crippen LogP contribution in [0.2, 0.25) is 0 Å². The number of para-hydroxylation sites is 3. The summed E-state index contributed by atoms with van der Waals surface area (Å²) in [6.45, 7) is 0. The van der Waals surface area contributed by atoms with Gasteiger partial charge in [-0.05, 0) is 58.3 Å². The standard InChI is InChI=1S/C36H25NO4/c38-32(40-26-13-3-1-4-14-26)22-36(23-33(39)41-27-15-5-2-6-16-27)29-20-19-24-11-7-9-17-28(24)34(29)35-30(36)21-25-12-8-10-18-31(25)37-35/h1-21H,22-23H2. The summed E-state index contributed by atoms with van der Waals surface area (Å²) in [6, 6.07) is 40.1. The molecule has 41 heavy (non-hydrogen) atoms. The van der Waals surface area contributed by atoms with Crippen LogP contribution in [0.15, 0.2) is 127 Å². The third kappa shape index (κ3) is 4.42. The number of nitrogens with zero attached hydrogens (tertiary/aromatic N) is 1. The van der Waals surface area contributed by atoms with Crippen LogP contribution in [0, 0.1) is 0 Å². The van der Waals surface area contributed by atoms with Crippen molar-refractivity contribution >= 4 is 33.6 Å². The maximum absolute atomic E-state index is 13.7. The van der Waals surface area contributed by atoms with Crippen LogP contribution in [-0.2, 0) is 15.0 Å². The highest BCUT2D eigenvalue weighted by molar-refractivity contribution is 6.04. The monoisotopic (exact) mass is 535 g/mol. The average Bonchev–Trinajstić information content (AvgIpc) is 3.25. The number of esters is 2. The molecule has 0 unspecified atom stereocenters. The second kappa shape index (κ2) is 10.0. The van der Waals surface area contributed by atoms with Gasteiger partial charge in [-0.2, -0.15) is 0 Å². The minimum Gasteiger partial charge on any atom is -0.426 e. The number of benzene rings is 5. The molecule has 0 N–H and O–H groups in total. The summed E-state index contributed by atoms with van der Waals surface area (Å²) in [5.74, 6) is 0.0221. The van der Waals surface area contributed by atoms with E-state index in [1.165, 1.54) is 0 Å². The second-order valence-electron chi connectivity index (χ2n) is 10.3. The maximum atomic E-state index is 13.7. The molecule has 0 amide bonds. The van der Waals surface area contributed by atoms with E-state index in [4.69, 9.17) is 14.5 Å². The molecule has 5 nitrogen and oxygen atoms in total. The number of fused-ring (bicyclic) bond motifs is 6. The molecule has 0 spiro atoms. The van der Waals surface area contributed by atoms with Gasteiger partial charge in [0, 0.05) is 16.4 Å². The van der Waals surface area contributed by atoms with Gasteiger partial charge in [-0.1, -0.05) is 91.0 Å². The van der Waals surface area contributed by atoms with Crippen LogP contribution < -0.4 is 9.47 Å². The molecule has 5 aromatic carbocycles. The number of aromatic nitrogens is 1. The first-order valence-corrected chi connectivity index (χ1v) is 13.6. The van der Waals surface area contributed by atoms with E-state index >= 15 is 0 Å². The Morgan fingerprint density at radius 3 is 1.80 bits per heavy atom. The minimum absolute atomic E-state index is 0.0653. The van der Waals surface area contributed by atoms with Crippen LogP contribution >= 0.6 is 0 Å². The third-order valence-corrected chi connectivity index (χ3v) is 7.76.